The number of hydrogen-bond acceptors (Lipinski definition) is 4. The van der Waals surface area contributed by atoms with Crippen LogP contribution in [0.4, 0.5) is 0 Å². The first kappa shape index (κ1) is 15.8. The Kier molecular flexibility index (Phi) is 6.04. The lowest BCUT2D eigenvalue weighted by Crippen LogP contribution is -2.45. The summed E-state index contributed by atoms with van der Waals surface area (Å²) >= 11 is 0. The Bertz CT molecular complexity index is 481. The smallest absolute Gasteiger partial charge is 0.137 e. The predicted octanol–water partition coefficient (Wildman–Crippen LogP) is 2.35. The first-order valence-corrected chi connectivity index (χ1v) is 7.71. The summed E-state index contributed by atoms with van der Waals surface area (Å²) in [6.45, 7) is 4.09. The highest BCUT2D eigenvalue weighted by Gasteiger charge is 2.20. The van der Waals surface area contributed by atoms with Crippen molar-refractivity contribution in [1.29, 1.82) is 5.26 Å². The second-order valence-corrected chi connectivity index (χ2v) is 5.87. The molecular weight excluding hydrogens is 262 g/mol. The first-order valence-electron chi connectivity index (χ1n) is 7.71. The Morgan fingerprint density at radius 3 is 2.95 bits per heavy atom. The summed E-state index contributed by atoms with van der Waals surface area (Å²) in [5.74, 6) is 0.699. The highest BCUT2D eigenvalue weighted by molar-refractivity contribution is 5.42. The molecule has 1 unspecified atom stereocenters. The summed E-state index contributed by atoms with van der Waals surface area (Å²) in [5, 5.41) is 9.02. The zero-order valence-corrected chi connectivity index (χ0v) is 13.1. The zero-order chi connectivity index (χ0) is 15.1. The largest absolute Gasteiger partial charge is 0.492 e. The molecule has 1 aromatic carbocycles. The van der Waals surface area contributed by atoms with Crippen molar-refractivity contribution in [2.45, 2.75) is 25.3 Å². The van der Waals surface area contributed by atoms with Crippen molar-refractivity contribution in [3.8, 4) is 11.8 Å². The average Bonchev–Trinajstić information content (AvgIpc) is 2.52. The van der Waals surface area contributed by atoms with Gasteiger partial charge in [0.05, 0.1) is 12.2 Å². The van der Waals surface area contributed by atoms with Gasteiger partial charge < -0.3 is 14.5 Å². The second kappa shape index (κ2) is 8.02. The highest BCUT2D eigenvalue weighted by atomic mass is 16.5. The van der Waals surface area contributed by atoms with Crippen LogP contribution in [0.2, 0.25) is 0 Å². The van der Waals surface area contributed by atoms with Crippen molar-refractivity contribution in [2.24, 2.45) is 0 Å². The highest BCUT2D eigenvalue weighted by Crippen LogP contribution is 2.17. The van der Waals surface area contributed by atoms with E-state index in [0.717, 1.165) is 19.5 Å². The van der Waals surface area contributed by atoms with E-state index < -0.39 is 0 Å². The van der Waals surface area contributed by atoms with Crippen LogP contribution in [0.5, 0.6) is 5.75 Å². The van der Waals surface area contributed by atoms with E-state index in [0.29, 0.717) is 24.0 Å². The molecule has 4 heteroatoms. The molecule has 1 atom stereocenters. The summed E-state index contributed by atoms with van der Waals surface area (Å²) in [6, 6.07) is 10.3. The van der Waals surface area contributed by atoms with Crippen LogP contribution in [-0.4, -0.2) is 56.2 Å². The topological polar surface area (TPSA) is 39.5 Å². The van der Waals surface area contributed by atoms with Gasteiger partial charge in [0.25, 0.3) is 0 Å². The molecule has 2 rings (SSSR count). The zero-order valence-electron chi connectivity index (χ0n) is 13.1. The Balaban J connectivity index is 1.71. The van der Waals surface area contributed by atoms with E-state index in [1.807, 2.05) is 18.2 Å². The van der Waals surface area contributed by atoms with Crippen LogP contribution in [0.3, 0.4) is 0 Å². The lowest BCUT2D eigenvalue weighted by molar-refractivity contribution is 0.127. The quantitative estimate of drug-likeness (QED) is 0.753. The molecule has 0 spiro atoms. The third-order valence-corrected chi connectivity index (χ3v) is 4.09. The van der Waals surface area contributed by atoms with Crippen LogP contribution < -0.4 is 4.74 Å². The van der Waals surface area contributed by atoms with Crippen molar-refractivity contribution in [3.63, 3.8) is 0 Å². The minimum absolute atomic E-state index is 0.614. The number of ether oxygens (including phenoxy) is 1. The molecule has 1 saturated heterocycles. The standard InChI is InChI=1S/C17H25N3O/c1-19(2)16-8-5-10-20(14-16)11-6-12-21-17-9-4-3-7-15(17)13-18/h3-4,7,9,16H,5-6,8,10-12,14H2,1-2H3. The number of nitrogens with zero attached hydrogens (tertiary/aromatic N) is 3. The van der Waals surface area contributed by atoms with Crippen molar-refractivity contribution >= 4 is 0 Å². The van der Waals surface area contributed by atoms with Crippen LogP contribution in [0.25, 0.3) is 0 Å². The maximum Gasteiger partial charge on any atom is 0.137 e. The SMILES string of the molecule is CN(C)C1CCCN(CCCOc2ccccc2C#N)C1. The molecule has 0 radical (unpaired) electrons. The molecule has 1 aromatic rings. The van der Waals surface area contributed by atoms with Gasteiger partial charge in [0.15, 0.2) is 0 Å². The molecular formula is C17H25N3O. The second-order valence-electron chi connectivity index (χ2n) is 5.87. The van der Waals surface area contributed by atoms with Crippen LogP contribution in [-0.2, 0) is 0 Å². The molecule has 0 aliphatic carbocycles. The molecule has 0 saturated carbocycles. The van der Waals surface area contributed by atoms with E-state index in [1.165, 1.54) is 19.4 Å². The van der Waals surface area contributed by atoms with Gasteiger partial charge in [0.2, 0.25) is 0 Å². The number of benzene rings is 1. The monoisotopic (exact) mass is 287 g/mol. The van der Waals surface area contributed by atoms with Crippen molar-refractivity contribution in [2.75, 3.05) is 40.3 Å². The fourth-order valence-corrected chi connectivity index (χ4v) is 2.81. The normalized spacial score (nSPS) is 19.4. The van der Waals surface area contributed by atoms with Crippen LogP contribution in [0.1, 0.15) is 24.8 Å². The van der Waals surface area contributed by atoms with Crippen molar-refractivity contribution in [3.05, 3.63) is 29.8 Å². The third-order valence-electron chi connectivity index (χ3n) is 4.09. The molecule has 0 aromatic heterocycles. The molecule has 0 N–H and O–H groups in total. The number of likely N-dealkylation sites (N-methyl/N-ethyl adjacent to an activating group) is 1. The van der Waals surface area contributed by atoms with Crippen molar-refractivity contribution < 1.29 is 4.74 Å². The minimum Gasteiger partial charge on any atom is -0.492 e. The van der Waals surface area contributed by atoms with Crippen molar-refractivity contribution in [1.82, 2.24) is 9.80 Å². The van der Waals surface area contributed by atoms with Gasteiger partial charge in [-0.15, -0.1) is 0 Å². The number of likely N-dealkylation sites (tertiary alicyclic amines) is 1. The Morgan fingerprint density at radius 2 is 2.19 bits per heavy atom. The number of nitriles is 1. The number of rotatable bonds is 6. The summed E-state index contributed by atoms with van der Waals surface area (Å²) < 4.78 is 5.73. The summed E-state index contributed by atoms with van der Waals surface area (Å²) in [6.07, 6.45) is 3.58. The number of piperidine rings is 1. The van der Waals surface area contributed by atoms with E-state index in [-0.39, 0.29) is 0 Å². The van der Waals surface area contributed by atoms with E-state index >= 15 is 0 Å². The Hall–Kier alpha value is -1.57. The van der Waals surface area contributed by atoms with Gasteiger partial charge in [-0.3, -0.25) is 0 Å². The van der Waals surface area contributed by atoms with Gasteiger partial charge >= 0.3 is 0 Å². The van der Waals surface area contributed by atoms with Gasteiger partial charge in [-0.2, -0.15) is 5.26 Å². The number of para-hydroxylation sites is 1. The van der Waals surface area contributed by atoms with Crippen LogP contribution >= 0.6 is 0 Å². The fourth-order valence-electron chi connectivity index (χ4n) is 2.81. The summed E-state index contributed by atoms with van der Waals surface area (Å²) in [5.41, 5.74) is 0.614. The number of hydrogen-bond donors (Lipinski definition) is 0. The Morgan fingerprint density at radius 1 is 1.38 bits per heavy atom. The van der Waals surface area contributed by atoms with E-state index in [2.05, 4.69) is 30.0 Å². The molecule has 21 heavy (non-hydrogen) atoms. The van der Waals surface area contributed by atoms with E-state index in [1.54, 1.807) is 6.07 Å². The lowest BCUT2D eigenvalue weighted by atomic mass is 10.0. The van der Waals surface area contributed by atoms with E-state index in [4.69, 9.17) is 10.00 Å². The molecule has 0 amide bonds. The van der Waals surface area contributed by atoms with Gasteiger partial charge in [-0.25, -0.2) is 0 Å². The molecule has 114 valence electrons. The Labute approximate surface area is 127 Å². The summed E-state index contributed by atoms with van der Waals surface area (Å²) in [4.78, 5) is 4.85. The molecule has 4 nitrogen and oxygen atoms in total. The fraction of sp³-hybridized carbons (Fsp3) is 0.588. The van der Waals surface area contributed by atoms with Gasteiger partial charge in [0.1, 0.15) is 11.8 Å². The van der Waals surface area contributed by atoms with E-state index in [9.17, 15) is 0 Å². The van der Waals surface area contributed by atoms with Gasteiger partial charge in [-0.05, 0) is 52.0 Å². The molecule has 1 aliphatic heterocycles. The third kappa shape index (κ3) is 4.73. The molecule has 0 bridgehead atoms. The first-order chi connectivity index (χ1) is 10.2. The van der Waals surface area contributed by atoms with Gasteiger partial charge in [0, 0.05) is 19.1 Å². The average molecular weight is 287 g/mol. The maximum absolute atomic E-state index is 9.02. The summed E-state index contributed by atoms with van der Waals surface area (Å²) in [7, 11) is 4.33. The molecule has 1 heterocycles. The maximum atomic E-state index is 9.02. The lowest BCUT2D eigenvalue weighted by Gasteiger charge is -2.36. The molecule has 1 aliphatic rings. The van der Waals surface area contributed by atoms with Crippen LogP contribution in [0, 0.1) is 11.3 Å². The predicted molar refractivity (Wildman–Crippen MR) is 84.4 cm³/mol. The molecule has 1 fully saturated rings. The minimum atomic E-state index is 0.614. The van der Waals surface area contributed by atoms with Gasteiger partial charge in [-0.1, -0.05) is 12.1 Å². The van der Waals surface area contributed by atoms with Crippen LogP contribution in [0.15, 0.2) is 24.3 Å².